The second-order valence-corrected chi connectivity index (χ2v) is 7.57. The molecule has 0 saturated carbocycles. The molecule has 1 saturated heterocycles. The summed E-state index contributed by atoms with van der Waals surface area (Å²) >= 11 is 1.42. The lowest BCUT2D eigenvalue weighted by Crippen LogP contribution is -2.41. The molecule has 6 nitrogen and oxygen atoms in total. The van der Waals surface area contributed by atoms with Gasteiger partial charge in [0, 0.05) is 26.2 Å². The van der Waals surface area contributed by atoms with Gasteiger partial charge in [-0.1, -0.05) is 11.3 Å². The fourth-order valence-electron chi connectivity index (χ4n) is 3.09. The number of rotatable bonds is 5. The van der Waals surface area contributed by atoms with Crippen LogP contribution in [0.5, 0.6) is 0 Å². The third-order valence-corrected chi connectivity index (χ3v) is 5.24. The Morgan fingerprint density at radius 1 is 1.43 bits per heavy atom. The van der Waals surface area contributed by atoms with Crippen molar-refractivity contribution >= 4 is 22.4 Å². The van der Waals surface area contributed by atoms with Gasteiger partial charge in [0.05, 0.1) is 11.3 Å². The molecule has 0 radical (unpaired) electrons. The van der Waals surface area contributed by atoms with Crippen molar-refractivity contribution in [2.45, 2.75) is 38.7 Å². The molecule has 2 N–H and O–H groups in total. The van der Waals surface area contributed by atoms with E-state index in [0.29, 0.717) is 30.9 Å². The first-order chi connectivity index (χ1) is 10.8. The van der Waals surface area contributed by atoms with Gasteiger partial charge >= 0.3 is 0 Å². The van der Waals surface area contributed by atoms with Crippen LogP contribution in [-0.2, 0) is 0 Å². The zero-order chi connectivity index (χ0) is 17.0. The first kappa shape index (κ1) is 18.2. The highest BCUT2D eigenvalue weighted by molar-refractivity contribution is 7.17. The molecule has 1 amide bonds. The highest BCUT2D eigenvalue weighted by atomic mass is 32.1. The molecule has 1 atom stereocenters. The lowest BCUT2D eigenvalue weighted by atomic mass is 9.94. The molecule has 1 fully saturated rings. The van der Waals surface area contributed by atoms with E-state index in [2.05, 4.69) is 10.3 Å². The van der Waals surface area contributed by atoms with Gasteiger partial charge in [-0.3, -0.25) is 4.79 Å². The van der Waals surface area contributed by atoms with Crippen LogP contribution in [0, 0.1) is 6.92 Å². The molecule has 0 aliphatic carbocycles. The van der Waals surface area contributed by atoms with Gasteiger partial charge in [-0.2, -0.15) is 0 Å². The lowest BCUT2D eigenvalue weighted by Gasteiger charge is -2.29. The number of aliphatic hydroxyl groups is 1. The molecule has 0 spiro atoms. The summed E-state index contributed by atoms with van der Waals surface area (Å²) in [5, 5.41) is 14.7. The molecule has 130 valence electrons. The van der Waals surface area contributed by atoms with E-state index in [1.165, 1.54) is 11.3 Å². The van der Waals surface area contributed by atoms with Gasteiger partial charge in [-0.05, 0) is 47.2 Å². The van der Waals surface area contributed by atoms with Crippen molar-refractivity contribution in [1.29, 1.82) is 0 Å². The number of hydrogen-bond acceptors (Lipinski definition) is 6. The Hall–Kier alpha value is -1.18. The van der Waals surface area contributed by atoms with E-state index < -0.39 is 5.60 Å². The average Bonchev–Trinajstić information content (AvgIpc) is 2.71. The van der Waals surface area contributed by atoms with Crippen molar-refractivity contribution in [3.63, 3.8) is 0 Å². The predicted octanol–water partition coefficient (Wildman–Crippen LogP) is 1.80. The SMILES string of the molecule is CCNc1nc(C)c(C(=O)N2CCC[C@@](O)(CN(C)C)CC2)s1. The molecule has 1 aromatic heterocycles. The number of amides is 1. The van der Waals surface area contributed by atoms with Crippen molar-refractivity contribution in [2.24, 2.45) is 0 Å². The number of hydrogen-bond donors (Lipinski definition) is 2. The summed E-state index contributed by atoms with van der Waals surface area (Å²) in [7, 11) is 3.93. The molecule has 0 bridgehead atoms. The van der Waals surface area contributed by atoms with Crippen LogP contribution in [0.2, 0.25) is 0 Å². The van der Waals surface area contributed by atoms with Crippen molar-refractivity contribution in [3.05, 3.63) is 10.6 Å². The largest absolute Gasteiger partial charge is 0.388 e. The van der Waals surface area contributed by atoms with Crippen LogP contribution in [0.25, 0.3) is 0 Å². The maximum Gasteiger partial charge on any atom is 0.265 e. The lowest BCUT2D eigenvalue weighted by molar-refractivity contribution is 0.00306. The predicted molar refractivity (Wildman–Crippen MR) is 94.3 cm³/mol. The van der Waals surface area contributed by atoms with Crippen LogP contribution in [0.15, 0.2) is 0 Å². The smallest absolute Gasteiger partial charge is 0.265 e. The van der Waals surface area contributed by atoms with E-state index >= 15 is 0 Å². The normalized spacial score (nSPS) is 22.3. The number of anilines is 1. The molecule has 7 heteroatoms. The van der Waals surface area contributed by atoms with Gasteiger partial charge in [0.1, 0.15) is 4.88 Å². The second-order valence-electron chi connectivity index (χ2n) is 6.57. The molecule has 1 aliphatic rings. The Morgan fingerprint density at radius 3 is 2.83 bits per heavy atom. The fourth-order valence-corrected chi connectivity index (χ4v) is 4.10. The Balaban J connectivity index is 2.06. The zero-order valence-electron chi connectivity index (χ0n) is 14.6. The van der Waals surface area contributed by atoms with E-state index in [9.17, 15) is 9.90 Å². The van der Waals surface area contributed by atoms with E-state index in [-0.39, 0.29) is 5.91 Å². The van der Waals surface area contributed by atoms with Crippen molar-refractivity contribution in [1.82, 2.24) is 14.8 Å². The summed E-state index contributed by atoms with van der Waals surface area (Å²) in [6.07, 6.45) is 2.18. The molecule has 23 heavy (non-hydrogen) atoms. The number of carbonyl (C=O) groups is 1. The topological polar surface area (TPSA) is 68.7 Å². The quantitative estimate of drug-likeness (QED) is 0.855. The number of likely N-dealkylation sites (N-methyl/N-ethyl adjacent to an activating group) is 1. The molecule has 2 rings (SSSR count). The second kappa shape index (κ2) is 7.59. The van der Waals surface area contributed by atoms with Crippen LogP contribution in [0.1, 0.15) is 41.6 Å². The van der Waals surface area contributed by atoms with E-state index in [0.717, 1.165) is 30.2 Å². The summed E-state index contributed by atoms with van der Waals surface area (Å²) in [6, 6.07) is 0. The summed E-state index contributed by atoms with van der Waals surface area (Å²) in [5.74, 6) is 0.0401. The molecular weight excluding hydrogens is 312 g/mol. The van der Waals surface area contributed by atoms with E-state index in [1.54, 1.807) is 0 Å². The Bertz CT molecular complexity index is 546. The molecular formula is C16H28N4O2S. The van der Waals surface area contributed by atoms with Crippen LogP contribution >= 0.6 is 11.3 Å². The van der Waals surface area contributed by atoms with Gasteiger partial charge in [0.2, 0.25) is 0 Å². The standard InChI is InChI=1S/C16H28N4O2S/c1-5-17-15-18-12(2)13(23-15)14(21)20-9-6-7-16(22,8-10-20)11-19(3)4/h22H,5-11H2,1-4H3,(H,17,18)/t16-/m0/s1. The minimum atomic E-state index is -0.698. The van der Waals surface area contributed by atoms with Gasteiger partial charge in [-0.15, -0.1) is 0 Å². The number of nitrogens with one attached hydrogen (secondary N) is 1. The number of aryl methyl sites for hydroxylation is 1. The fraction of sp³-hybridized carbons (Fsp3) is 0.750. The average molecular weight is 340 g/mol. The number of aromatic nitrogens is 1. The first-order valence-electron chi connectivity index (χ1n) is 8.22. The van der Waals surface area contributed by atoms with Gasteiger partial charge < -0.3 is 20.2 Å². The van der Waals surface area contributed by atoms with Crippen LogP contribution in [-0.4, -0.2) is 71.7 Å². The van der Waals surface area contributed by atoms with E-state index in [4.69, 9.17) is 0 Å². The summed E-state index contributed by atoms with van der Waals surface area (Å²) in [4.78, 5) is 21.8. The van der Waals surface area contributed by atoms with Gasteiger partial charge in [0.25, 0.3) is 5.91 Å². The molecule has 0 unspecified atom stereocenters. The van der Waals surface area contributed by atoms with Crippen LogP contribution in [0.4, 0.5) is 5.13 Å². The van der Waals surface area contributed by atoms with Crippen molar-refractivity contribution in [3.8, 4) is 0 Å². The minimum absolute atomic E-state index is 0.0401. The third-order valence-electron chi connectivity index (χ3n) is 4.13. The third kappa shape index (κ3) is 4.65. The van der Waals surface area contributed by atoms with Crippen LogP contribution in [0.3, 0.4) is 0 Å². The molecule has 2 heterocycles. The summed E-state index contributed by atoms with van der Waals surface area (Å²) in [6.45, 7) is 6.62. The monoisotopic (exact) mass is 340 g/mol. The highest BCUT2D eigenvalue weighted by Crippen LogP contribution is 2.27. The maximum atomic E-state index is 12.8. The molecule has 0 aromatic carbocycles. The zero-order valence-corrected chi connectivity index (χ0v) is 15.4. The molecule has 1 aliphatic heterocycles. The summed E-state index contributed by atoms with van der Waals surface area (Å²) in [5.41, 5.74) is 0.0830. The maximum absolute atomic E-state index is 12.8. The Morgan fingerprint density at radius 2 is 2.17 bits per heavy atom. The number of thiazole rings is 1. The van der Waals surface area contributed by atoms with Gasteiger partial charge in [0.15, 0.2) is 5.13 Å². The van der Waals surface area contributed by atoms with Crippen molar-refractivity contribution < 1.29 is 9.90 Å². The Labute approximate surface area is 142 Å². The van der Waals surface area contributed by atoms with Crippen LogP contribution < -0.4 is 5.32 Å². The number of nitrogens with zero attached hydrogens (tertiary/aromatic N) is 3. The van der Waals surface area contributed by atoms with Gasteiger partial charge in [-0.25, -0.2) is 4.98 Å². The first-order valence-corrected chi connectivity index (χ1v) is 9.04. The number of likely N-dealkylation sites (tertiary alicyclic amines) is 1. The summed E-state index contributed by atoms with van der Waals surface area (Å²) < 4.78 is 0. The molecule has 1 aromatic rings. The van der Waals surface area contributed by atoms with Crippen molar-refractivity contribution in [2.75, 3.05) is 45.6 Å². The Kier molecular flexibility index (Phi) is 6.00. The highest BCUT2D eigenvalue weighted by Gasteiger charge is 2.33. The minimum Gasteiger partial charge on any atom is -0.388 e. The van der Waals surface area contributed by atoms with E-state index in [1.807, 2.05) is 37.7 Å². The number of carbonyl (C=O) groups excluding carboxylic acids is 1.